The van der Waals surface area contributed by atoms with Crippen molar-refractivity contribution in [3.63, 3.8) is 0 Å². The van der Waals surface area contributed by atoms with Crippen molar-refractivity contribution < 1.29 is 23.4 Å². The van der Waals surface area contributed by atoms with Gasteiger partial charge >= 0.3 is 0 Å². The number of anilines is 1. The van der Waals surface area contributed by atoms with Crippen LogP contribution in [0.2, 0.25) is 5.02 Å². The second kappa shape index (κ2) is 7.69. The molecule has 0 atom stereocenters. The summed E-state index contributed by atoms with van der Waals surface area (Å²) in [6.07, 6.45) is 0. The van der Waals surface area contributed by atoms with Gasteiger partial charge in [-0.1, -0.05) is 23.7 Å². The highest BCUT2D eigenvalue weighted by Gasteiger charge is 2.13. The molecule has 2 rings (SSSR count). The molecule has 1 N–H and O–H groups in total. The molecule has 0 unspecified atom stereocenters. The van der Waals surface area contributed by atoms with Crippen molar-refractivity contribution in [3.05, 3.63) is 47.2 Å². The number of halogens is 2. The smallest absolute Gasteiger partial charge is 0.262 e. The molecule has 0 aliphatic carbocycles. The zero-order valence-corrected chi connectivity index (χ0v) is 13.3. The fourth-order valence-electron chi connectivity index (χ4n) is 1.85. The van der Waals surface area contributed by atoms with Crippen molar-refractivity contribution in [2.24, 2.45) is 0 Å². The lowest BCUT2D eigenvalue weighted by Crippen LogP contribution is -2.20. The number of para-hydroxylation sites is 1. The average Bonchev–Trinajstić information content (AvgIpc) is 2.55. The molecule has 7 heteroatoms. The second-order valence-electron chi connectivity index (χ2n) is 4.45. The third-order valence-electron chi connectivity index (χ3n) is 2.94. The van der Waals surface area contributed by atoms with Gasteiger partial charge < -0.3 is 19.5 Å². The van der Waals surface area contributed by atoms with E-state index in [2.05, 4.69) is 5.32 Å². The van der Waals surface area contributed by atoms with Gasteiger partial charge in [0, 0.05) is 12.1 Å². The number of ether oxygens (including phenoxy) is 3. The summed E-state index contributed by atoms with van der Waals surface area (Å²) in [6.45, 7) is -0.352. The van der Waals surface area contributed by atoms with E-state index in [0.717, 1.165) is 0 Å². The van der Waals surface area contributed by atoms with Crippen LogP contribution in [0.4, 0.5) is 10.1 Å². The molecular weight excluding hydrogens is 325 g/mol. The van der Waals surface area contributed by atoms with Crippen molar-refractivity contribution >= 4 is 23.2 Å². The average molecular weight is 340 g/mol. The van der Waals surface area contributed by atoms with Crippen LogP contribution >= 0.6 is 11.6 Å². The third-order valence-corrected chi connectivity index (χ3v) is 3.24. The summed E-state index contributed by atoms with van der Waals surface area (Å²) >= 11 is 5.99. The topological polar surface area (TPSA) is 56.8 Å². The number of methoxy groups -OCH3 is 2. The Bertz CT molecular complexity index is 708. The maximum Gasteiger partial charge on any atom is 0.262 e. The quantitative estimate of drug-likeness (QED) is 0.875. The first-order valence-electron chi connectivity index (χ1n) is 6.64. The largest absolute Gasteiger partial charge is 0.495 e. The Balaban J connectivity index is 2.06. The zero-order chi connectivity index (χ0) is 16.8. The molecule has 2 aromatic carbocycles. The molecule has 0 heterocycles. The van der Waals surface area contributed by atoms with Crippen LogP contribution in [0.15, 0.2) is 36.4 Å². The van der Waals surface area contributed by atoms with Gasteiger partial charge in [0.1, 0.15) is 11.5 Å². The van der Waals surface area contributed by atoms with E-state index in [1.165, 1.54) is 44.6 Å². The fraction of sp³-hybridized carbons (Fsp3) is 0.188. The number of hydrogen-bond acceptors (Lipinski definition) is 4. The van der Waals surface area contributed by atoms with E-state index in [1.807, 2.05) is 0 Å². The van der Waals surface area contributed by atoms with Crippen LogP contribution in [0.1, 0.15) is 0 Å². The maximum absolute atomic E-state index is 13.4. The van der Waals surface area contributed by atoms with Gasteiger partial charge in [0.15, 0.2) is 18.2 Å². The first kappa shape index (κ1) is 16.9. The van der Waals surface area contributed by atoms with E-state index in [1.54, 1.807) is 6.07 Å². The molecule has 0 bridgehead atoms. The summed E-state index contributed by atoms with van der Waals surface area (Å²) in [5.41, 5.74) is 0.371. The lowest BCUT2D eigenvalue weighted by atomic mass is 10.2. The van der Waals surface area contributed by atoms with Crippen LogP contribution in [-0.4, -0.2) is 26.7 Å². The second-order valence-corrected chi connectivity index (χ2v) is 4.86. The normalized spacial score (nSPS) is 10.1. The first-order chi connectivity index (χ1) is 11.0. The monoisotopic (exact) mass is 339 g/mol. The maximum atomic E-state index is 13.4. The van der Waals surface area contributed by atoms with Gasteiger partial charge in [0.05, 0.1) is 24.9 Å². The molecule has 0 radical (unpaired) electrons. The number of benzene rings is 2. The van der Waals surface area contributed by atoms with Crippen molar-refractivity contribution in [2.45, 2.75) is 0 Å². The lowest BCUT2D eigenvalue weighted by molar-refractivity contribution is -0.118. The SMILES string of the molecule is COc1cc(NC(=O)COc2ccccc2F)c(OC)cc1Cl. The summed E-state index contributed by atoms with van der Waals surface area (Å²) in [7, 11) is 2.91. The molecule has 0 aliphatic rings. The Morgan fingerprint density at radius 1 is 1.13 bits per heavy atom. The molecule has 0 spiro atoms. The Kier molecular flexibility index (Phi) is 5.65. The molecule has 0 saturated carbocycles. The summed E-state index contributed by atoms with van der Waals surface area (Å²) in [6, 6.07) is 8.89. The van der Waals surface area contributed by atoms with E-state index in [-0.39, 0.29) is 12.4 Å². The van der Waals surface area contributed by atoms with Crippen LogP contribution in [-0.2, 0) is 4.79 Å². The number of carbonyl (C=O) groups is 1. The van der Waals surface area contributed by atoms with E-state index in [9.17, 15) is 9.18 Å². The summed E-state index contributed by atoms with van der Waals surface area (Å²) < 4.78 is 28.8. The highest BCUT2D eigenvalue weighted by Crippen LogP contribution is 2.35. The van der Waals surface area contributed by atoms with Crippen LogP contribution < -0.4 is 19.5 Å². The molecule has 122 valence electrons. The molecule has 0 aromatic heterocycles. The van der Waals surface area contributed by atoms with E-state index in [4.69, 9.17) is 25.8 Å². The molecular formula is C16H15ClFNO4. The van der Waals surface area contributed by atoms with Crippen LogP contribution in [0, 0.1) is 5.82 Å². The highest BCUT2D eigenvalue weighted by molar-refractivity contribution is 6.32. The summed E-state index contributed by atoms with van der Waals surface area (Å²) in [5.74, 6) is -0.252. The zero-order valence-electron chi connectivity index (χ0n) is 12.6. The van der Waals surface area contributed by atoms with Crippen LogP contribution in [0.5, 0.6) is 17.2 Å². The lowest BCUT2D eigenvalue weighted by Gasteiger charge is -2.13. The fourth-order valence-corrected chi connectivity index (χ4v) is 2.08. The van der Waals surface area contributed by atoms with Crippen molar-refractivity contribution in [1.29, 1.82) is 0 Å². The van der Waals surface area contributed by atoms with Gasteiger partial charge in [0.2, 0.25) is 0 Å². The standard InChI is InChI=1S/C16H15ClFNO4/c1-21-14-8-12(15(22-2)7-10(14)17)19-16(20)9-23-13-6-4-3-5-11(13)18/h3-8H,9H2,1-2H3,(H,19,20). The number of hydrogen-bond donors (Lipinski definition) is 1. The number of amides is 1. The number of nitrogens with one attached hydrogen (secondary N) is 1. The number of carbonyl (C=O) groups excluding carboxylic acids is 1. The first-order valence-corrected chi connectivity index (χ1v) is 7.01. The molecule has 0 fully saturated rings. The Labute approximate surface area is 137 Å². The van der Waals surface area contributed by atoms with Gasteiger partial charge in [-0.15, -0.1) is 0 Å². The number of rotatable bonds is 6. The van der Waals surface area contributed by atoms with E-state index >= 15 is 0 Å². The predicted molar refractivity (Wildman–Crippen MR) is 85.1 cm³/mol. The highest BCUT2D eigenvalue weighted by atomic mass is 35.5. The molecule has 23 heavy (non-hydrogen) atoms. The molecule has 5 nitrogen and oxygen atoms in total. The third kappa shape index (κ3) is 4.26. The molecule has 0 saturated heterocycles. The minimum absolute atomic E-state index is 0.00306. The van der Waals surface area contributed by atoms with E-state index in [0.29, 0.717) is 22.2 Å². The Morgan fingerprint density at radius 2 is 1.83 bits per heavy atom. The van der Waals surface area contributed by atoms with E-state index < -0.39 is 11.7 Å². The van der Waals surface area contributed by atoms with Crippen LogP contribution in [0.25, 0.3) is 0 Å². The van der Waals surface area contributed by atoms with Gasteiger partial charge in [0.25, 0.3) is 5.91 Å². The Hall–Kier alpha value is -2.47. The van der Waals surface area contributed by atoms with Gasteiger partial charge in [-0.25, -0.2) is 4.39 Å². The summed E-state index contributed by atoms with van der Waals surface area (Å²) in [4.78, 5) is 12.0. The minimum Gasteiger partial charge on any atom is -0.495 e. The van der Waals surface area contributed by atoms with Crippen LogP contribution in [0.3, 0.4) is 0 Å². The van der Waals surface area contributed by atoms with Crippen molar-refractivity contribution in [2.75, 3.05) is 26.1 Å². The van der Waals surface area contributed by atoms with Crippen molar-refractivity contribution in [1.82, 2.24) is 0 Å². The van der Waals surface area contributed by atoms with Gasteiger partial charge in [-0.3, -0.25) is 4.79 Å². The molecule has 1 amide bonds. The molecule has 2 aromatic rings. The van der Waals surface area contributed by atoms with Crippen molar-refractivity contribution in [3.8, 4) is 17.2 Å². The van der Waals surface area contributed by atoms with Gasteiger partial charge in [-0.2, -0.15) is 0 Å². The molecule has 0 aliphatic heterocycles. The predicted octanol–water partition coefficient (Wildman–Crippen LogP) is 3.51. The minimum atomic E-state index is -0.536. The van der Waals surface area contributed by atoms with Gasteiger partial charge in [-0.05, 0) is 12.1 Å². The summed E-state index contributed by atoms with van der Waals surface area (Å²) in [5, 5.41) is 2.95. The Morgan fingerprint density at radius 3 is 2.48 bits per heavy atom.